The summed E-state index contributed by atoms with van der Waals surface area (Å²) >= 11 is 6.15. The van der Waals surface area contributed by atoms with Gasteiger partial charge in [-0.1, -0.05) is 18.5 Å². The predicted octanol–water partition coefficient (Wildman–Crippen LogP) is 4.43. The van der Waals surface area contributed by atoms with Gasteiger partial charge in [0.05, 0.1) is 42.2 Å². The molecule has 0 radical (unpaired) electrons. The molecule has 3 aliphatic rings. The summed E-state index contributed by atoms with van der Waals surface area (Å²) in [5.41, 5.74) is -0.362. The van der Waals surface area contributed by atoms with Crippen LogP contribution in [0.4, 0.5) is 30.4 Å². The molecular formula is C37H40ClF3N8O6. The molecule has 0 spiro atoms. The van der Waals surface area contributed by atoms with Crippen molar-refractivity contribution in [2.75, 3.05) is 62.6 Å². The standard InChI is InChI=1S/C37H40ClF3N8O6/c1-5-24-31(47-11-12-48(26-9-8-25(26)47)36(53)29-32(51)21(15-43-35(29)54-4)19-10-13-55-18-19)33(52)30-34(42-16-27(45-30)46(2)3)49(24)17-28(50)44-23-7-6-20(14-22(23)38)37(39,40)41/h6-7,14-16,19,25-26H,5,8-13,17-18H2,1-4H3,(H,43,51)(H,44,50)/t19?,25-,26-/m0/s1. The molecule has 1 aromatic carbocycles. The number of methoxy groups -OCH3 is 1. The summed E-state index contributed by atoms with van der Waals surface area (Å²) in [6.45, 7) is 2.83. The van der Waals surface area contributed by atoms with Gasteiger partial charge in [0, 0.05) is 63.2 Å². The number of carbonyl (C=O) groups is 2. The van der Waals surface area contributed by atoms with Crippen LogP contribution in [0, 0.1) is 0 Å². The Morgan fingerprint density at radius 3 is 2.51 bits per heavy atom. The van der Waals surface area contributed by atoms with Crippen LogP contribution in [0.1, 0.15) is 59.3 Å². The van der Waals surface area contributed by atoms with Crippen LogP contribution in [0.15, 0.2) is 40.2 Å². The average molecular weight is 785 g/mol. The van der Waals surface area contributed by atoms with Crippen LogP contribution in [0.5, 0.6) is 5.88 Å². The fourth-order valence-electron chi connectivity index (χ4n) is 7.77. The Morgan fingerprint density at radius 1 is 1.13 bits per heavy atom. The molecule has 7 rings (SSSR count). The van der Waals surface area contributed by atoms with Gasteiger partial charge in [-0.2, -0.15) is 13.2 Å². The number of aromatic amines is 1. The van der Waals surface area contributed by atoms with E-state index in [1.807, 2.05) is 11.8 Å². The van der Waals surface area contributed by atoms with E-state index in [0.29, 0.717) is 61.7 Å². The number of amides is 2. The predicted molar refractivity (Wildman–Crippen MR) is 200 cm³/mol. The van der Waals surface area contributed by atoms with Gasteiger partial charge in [-0.3, -0.25) is 19.2 Å². The molecule has 14 nitrogen and oxygen atoms in total. The number of piperazine rings is 1. The van der Waals surface area contributed by atoms with Gasteiger partial charge >= 0.3 is 6.18 Å². The zero-order valence-electron chi connectivity index (χ0n) is 30.6. The summed E-state index contributed by atoms with van der Waals surface area (Å²) in [5.74, 6) is -0.724. The normalized spacial score (nSPS) is 19.6. The van der Waals surface area contributed by atoms with Crippen molar-refractivity contribution in [3.8, 4) is 5.88 Å². The van der Waals surface area contributed by atoms with Crippen LogP contribution in [0.3, 0.4) is 0 Å². The summed E-state index contributed by atoms with van der Waals surface area (Å²) < 4.78 is 52.3. The Labute approximate surface area is 318 Å². The van der Waals surface area contributed by atoms with E-state index < -0.39 is 29.0 Å². The zero-order chi connectivity index (χ0) is 39.3. The number of hydrogen-bond donors (Lipinski definition) is 2. The third kappa shape index (κ3) is 6.88. The quantitative estimate of drug-likeness (QED) is 0.249. The number of pyridine rings is 2. The highest BCUT2D eigenvalue weighted by Crippen LogP contribution is 2.39. The Bertz CT molecular complexity index is 2290. The summed E-state index contributed by atoms with van der Waals surface area (Å²) in [5, 5.41) is 2.31. The molecule has 3 atom stereocenters. The van der Waals surface area contributed by atoms with E-state index in [1.54, 1.807) is 34.7 Å². The van der Waals surface area contributed by atoms with Gasteiger partial charge in [0.25, 0.3) is 5.91 Å². The van der Waals surface area contributed by atoms with Crippen molar-refractivity contribution in [2.45, 2.75) is 63.3 Å². The third-order valence-corrected chi connectivity index (χ3v) is 11.0. The van der Waals surface area contributed by atoms with Crippen molar-refractivity contribution >= 4 is 51.8 Å². The number of hydrogen-bond acceptors (Lipinski definition) is 10. The fourth-order valence-corrected chi connectivity index (χ4v) is 8.00. The van der Waals surface area contributed by atoms with Gasteiger partial charge in [-0.05, 0) is 43.9 Å². The minimum absolute atomic E-state index is 0.0139. The van der Waals surface area contributed by atoms with Crippen LogP contribution < -0.4 is 30.7 Å². The molecule has 3 aromatic heterocycles. The minimum Gasteiger partial charge on any atom is -0.482 e. The largest absolute Gasteiger partial charge is 0.482 e. The number of aromatic nitrogens is 4. The fraction of sp³-hybridized carbons (Fsp3) is 0.459. The second-order valence-electron chi connectivity index (χ2n) is 14.0. The van der Waals surface area contributed by atoms with E-state index in [9.17, 15) is 32.3 Å². The lowest BCUT2D eigenvalue weighted by atomic mass is 9.81. The number of alkyl halides is 3. The summed E-state index contributed by atoms with van der Waals surface area (Å²) in [6.07, 6.45) is 0.704. The second-order valence-corrected chi connectivity index (χ2v) is 14.5. The molecule has 3 fully saturated rings. The first kappa shape index (κ1) is 38.1. The highest BCUT2D eigenvalue weighted by atomic mass is 35.5. The molecule has 1 saturated carbocycles. The number of carbonyl (C=O) groups excluding carboxylic acids is 2. The highest BCUT2D eigenvalue weighted by molar-refractivity contribution is 6.33. The highest BCUT2D eigenvalue weighted by Gasteiger charge is 2.47. The van der Waals surface area contributed by atoms with Crippen molar-refractivity contribution in [1.82, 2.24) is 24.4 Å². The van der Waals surface area contributed by atoms with Gasteiger partial charge in [-0.15, -0.1) is 0 Å². The molecule has 292 valence electrons. The van der Waals surface area contributed by atoms with E-state index >= 15 is 0 Å². The third-order valence-electron chi connectivity index (χ3n) is 10.7. The van der Waals surface area contributed by atoms with Crippen LogP contribution in [0.25, 0.3) is 11.2 Å². The van der Waals surface area contributed by atoms with E-state index in [-0.39, 0.29) is 76.4 Å². The Hall–Kier alpha value is -5.16. The molecule has 55 heavy (non-hydrogen) atoms. The maximum atomic E-state index is 14.5. The van der Waals surface area contributed by atoms with Crippen LogP contribution in [-0.2, 0) is 28.7 Å². The average Bonchev–Trinajstić information content (AvgIpc) is 3.67. The summed E-state index contributed by atoms with van der Waals surface area (Å²) in [6, 6.07) is 2.03. The summed E-state index contributed by atoms with van der Waals surface area (Å²) in [4.78, 5) is 73.7. The smallest absolute Gasteiger partial charge is 0.416 e. The van der Waals surface area contributed by atoms with Crippen molar-refractivity contribution in [1.29, 1.82) is 0 Å². The number of halogens is 4. The van der Waals surface area contributed by atoms with Crippen molar-refractivity contribution in [2.24, 2.45) is 0 Å². The lowest BCUT2D eigenvalue weighted by molar-refractivity contribution is -0.137. The molecule has 5 heterocycles. The number of rotatable bonds is 9. The number of benzene rings is 1. The molecule has 2 saturated heterocycles. The van der Waals surface area contributed by atoms with Gasteiger partial charge < -0.3 is 39.0 Å². The number of H-pyrrole nitrogens is 1. The maximum absolute atomic E-state index is 14.5. The molecule has 1 aliphatic carbocycles. The number of nitrogens with zero attached hydrogens (tertiary/aromatic N) is 6. The number of ether oxygens (including phenoxy) is 2. The van der Waals surface area contributed by atoms with Gasteiger partial charge in [0.15, 0.2) is 11.2 Å². The van der Waals surface area contributed by atoms with E-state index in [1.165, 1.54) is 13.3 Å². The van der Waals surface area contributed by atoms with E-state index in [4.69, 9.17) is 21.1 Å². The van der Waals surface area contributed by atoms with Crippen LogP contribution in [0.2, 0.25) is 5.02 Å². The molecule has 0 bridgehead atoms. The molecule has 2 N–H and O–H groups in total. The zero-order valence-corrected chi connectivity index (χ0v) is 31.4. The minimum atomic E-state index is -4.61. The molecule has 1 unspecified atom stereocenters. The van der Waals surface area contributed by atoms with Gasteiger partial charge in [-0.25, -0.2) is 9.97 Å². The number of anilines is 3. The molecular weight excluding hydrogens is 745 g/mol. The van der Waals surface area contributed by atoms with Crippen molar-refractivity contribution in [3.05, 3.63) is 78.4 Å². The molecule has 4 aromatic rings. The molecule has 18 heteroatoms. The topological polar surface area (TPSA) is 155 Å². The van der Waals surface area contributed by atoms with Crippen molar-refractivity contribution < 1.29 is 32.2 Å². The van der Waals surface area contributed by atoms with E-state index in [2.05, 4.69) is 20.3 Å². The monoisotopic (exact) mass is 784 g/mol. The summed E-state index contributed by atoms with van der Waals surface area (Å²) in [7, 11) is 4.90. The van der Waals surface area contributed by atoms with Crippen LogP contribution in [-0.4, -0.2) is 95.8 Å². The number of fused-ring (bicyclic) bond motifs is 2. The second kappa shape index (κ2) is 14.8. The molecule has 2 amide bonds. The Morgan fingerprint density at radius 2 is 1.89 bits per heavy atom. The van der Waals surface area contributed by atoms with Gasteiger partial charge in [0.1, 0.15) is 23.6 Å². The van der Waals surface area contributed by atoms with Gasteiger partial charge in [0.2, 0.25) is 22.6 Å². The lowest BCUT2D eigenvalue weighted by Gasteiger charge is -2.54. The van der Waals surface area contributed by atoms with E-state index in [0.717, 1.165) is 18.2 Å². The lowest BCUT2D eigenvalue weighted by Crippen LogP contribution is -2.67. The first-order valence-corrected chi connectivity index (χ1v) is 18.3. The Balaban J connectivity index is 1.24. The maximum Gasteiger partial charge on any atom is 0.416 e. The van der Waals surface area contributed by atoms with Crippen molar-refractivity contribution in [3.63, 3.8) is 0 Å². The number of nitrogens with one attached hydrogen (secondary N) is 2. The first-order chi connectivity index (χ1) is 26.2. The SMILES string of the molecule is CCc1c(N2CCN(C(=O)c3c(OC)[nH]cc(C4CCOC4)c3=O)[C@H]3CC[C@@H]32)c(=O)c2nc(N(C)C)cnc2n1CC(=O)Nc1ccc(C(F)(F)F)cc1Cl. The molecule has 2 aliphatic heterocycles. The first-order valence-electron chi connectivity index (χ1n) is 17.9. The van der Waals surface area contributed by atoms with Crippen LogP contribution >= 0.6 is 11.6 Å². The Kier molecular flexibility index (Phi) is 10.3.